The number of imidazole rings is 1. The Morgan fingerprint density at radius 1 is 1.03 bits per heavy atom. The smallest absolute Gasteiger partial charge is 0.251 e. The molecular formula is C24H24N4O2S. The Bertz CT molecular complexity index is 1140. The monoisotopic (exact) mass is 432 g/mol. The SMILES string of the molecule is COCCNC(=O)c1ccc(Cn2c(SCc3ccccc3)nc3cccnc32)cc1. The lowest BCUT2D eigenvalue weighted by atomic mass is 10.1. The topological polar surface area (TPSA) is 69.0 Å². The van der Waals surface area contributed by atoms with Crippen LogP contribution < -0.4 is 5.32 Å². The molecule has 0 spiro atoms. The summed E-state index contributed by atoms with van der Waals surface area (Å²) in [6.07, 6.45) is 1.79. The lowest BCUT2D eigenvalue weighted by molar-refractivity contribution is 0.0937. The largest absolute Gasteiger partial charge is 0.383 e. The van der Waals surface area contributed by atoms with Crippen LogP contribution in [0.5, 0.6) is 0 Å². The van der Waals surface area contributed by atoms with Crippen LogP contribution in [0.25, 0.3) is 11.2 Å². The van der Waals surface area contributed by atoms with Crippen LogP contribution in [0.4, 0.5) is 0 Å². The van der Waals surface area contributed by atoms with E-state index < -0.39 is 0 Å². The third kappa shape index (κ3) is 5.31. The molecule has 0 saturated heterocycles. The molecule has 0 bridgehead atoms. The standard InChI is InChI=1S/C24H24N4O2S/c1-30-15-14-26-23(29)20-11-9-18(10-12-20)16-28-22-21(8-5-13-25-22)27-24(28)31-17-19-6-3-2-4-7-19/h2-13H,14-17H2,1H3,(H,26,29). The van der Waals surface area contributed by atoms with E-state index in [1.807, 2.05) is 54.6 Å². The molecule has 1 amide bonds. The molecule has 31 heavy (non-hydrogen) atoms. The van der Waals surface area contributed by atoms with Crippen molar-refractivity contribution < 1.29 is 9.53 Å². The van der Waals surface area contributed by atoms with Crippen LogP contribution in [0.2, 0.25) is 0 Å². The van der Waals surface area contributed by atoms with E-state index in [9.17, 15) is 4.79 Å². The second kappa shape index (κ2) is 10.2. The van der Waals surface area contributed by atoms with Gasteiger partial charge in [0.15, 0.2) is 10.8 Å². The van der Waals surface area contributed by atoms with E-state index in [1.165, 1.54) is 5.56 Å². The predicted octanol–water partition coefficient (Wildman–Crippen LogP) is 4.15. The maximum Gasteiger partial charge on any atom is 0.251 e. The molecule has 0 radical (unpaired) electrons. The fourth-order valence-corrected chi connectivity index (χ4v) is 4.18. The van der Waals surface area contributed by atoms with Crippen LogP contribution in [-0.4, -0.2) is 40.7 Å². The van der Waals surface area contributed by atoms with Crippen molar-refractivity contribution in [1.29, 1.82) is 0 Å². The molecule has 0 fully saturated rings. The fraction of sp³-hybridized carbons (Fsp3) is 0.208. The molecule has 2 heterocycles. The van der Waals surface area contributed by atoms with Crippen LogP contribution in [-0.2, 0) is 17.0 Å². The molecule has 7 heteroatoms. The van der Waals surface area contributed by atoms with Gasteiger partial charge in [0.2, 0.25) is 0 Å². The van der Waals surface area contributed by atoms with E-state index in [-0.39, 0.29) is 5.91 Å². The highest BCUT2D eigenvalue weighted by Crippen LogP contribution is 2.26. The molecular weight excluding hydrogens is 408 g/mol. The van der Waals surface area contributed by atoms with E-state index >= 15 is 0 Å². The van der Waals surface area contributed by atoms with Gasteiger partial charge in [0.25, 0.3) is 5.91 Å². The van der Waals surface area contributed by atoms with Crippen molar-refractivity contribution in [3.05, 3.63) is 89.6 Å². The highest BCUT2D eigenvalue weighted by Gasteiger charge is 2.13. The number of hydrogen-bond donors (Lipinski definition) is 1. The van der Waals surface area contributed by atoms with Crippen molar-refractivity contribution in [3.8, 4) is 0 Å². The van der Waals surface area contributed by atoms with E-state index in [1.54, 1.807) is 25.1 Å². The van der Waals surface area contributed by atoms with Gasteiger partial charge in [-0.25, -0.2) is 9.97 Å². The number of thioether (sulfide) groups is 1. The van der Waals surface area contributed by atoms with Crippen molar-refractivity contribution >= 4 is 28.8 Å². The first-order valence-electron chi connectivity index (χ1n) is 10.1. The molecule has 0 aliphatic carbocycles. The number of hydrogen-bond acceptors (Lipinski definition) is 5. The Hall–Kier alpha value is -3.16. The molecule has 1 N–H and O–H groups in total. The predicted molar refractivity (Wildman–Crippen MR) is 123 cm³/mol. The third-order valence-corrected chi connectivity index (χ3v) is 5.88. The summed E-state index contributed by atoms with van der Waals surface area (Å²) in [6.45, 7) is 1.62. The van der Waals surface area contributed by atoms with Crippen LogP contribution in [0.15, 0.2) is 78.1 Å². The van der Waals surface area contributed by atoms with E-state index in [2.05, 4.69) is 27.0 Å². The number of amides is 1. The zero-order chi connectivity index (χ0) is 21.5. The zero-order valence-corrected chi connectivity index (χ0v) is 18.1. The molecule has 0 aliphatic rings. The molecule has 0 atom stereocenters. The number of methoxy groups -OCH3 is 1. The number of carbonyl (C=O) groups excluding carboxylic acids is 1. The van der Waals surface area contributed by atoms with Gasteiger partial charge in [-0.05, 0) is 35.4 Å². The van der Waals surface area contributed by atoms with Gasteiger partial charge in [0.1, 0.15) is 5.52 Å². The molecule has 0 saturated carbocycles. The van der Waals surface area contributed by atoms with Gasteiger partial charge in [-0.1, -0.05) is 54.2 Å². The minimum absolute atomic E-state index is 0.0996. The Labute approximate surface area is 185 Å². The Kier molecular flexibility index (Phi) is 6.96. The van der Waals surface area contributed by atoms with Gasteiger partial charge < -0.3 is 10.1 Å². The van der Waals surface area contributed by atoms with Crippen LogP contribution >= 0.6 is 11.8 Å². The summed E-state index contributed by atoms with van der Waals surface area (Å²) in [5.41, 5.74) is 4.71. The number of rotatable bonds is 9. The van der Waals surface area contributed by atoms with Crippen LogP contribution in [0, 0.1) is 0 Å². The van der Waals surface area contributed by atoms with Crippen LogP contribution in [0.3, 0.4) is 0 Å². The van der Waals surface area contributed by atoms with Crippen molar-refractivity contribution in [2.45, 2.75) is 17.5 Å². The summed E-state index contributed by atoms with van der Waals surface area (Å²) in [5.74, 6) is 0.738. The first kappa shape index (κ1) is 21.1. The summed E-state index contributed by atoms with van der Waals surface area (Å²) in [7, 11) is 1.61. The first-order chi connectivity index (χ1) is 15.2. The Morgan fingerprint density at radius 2 is 1.84 bits per heavy atom. The summed E-state index contributed by atoms with van der Waals surface area (Å²) in [4.78, 5) is 21.6. The van der Waals surface area contributed by atoms with Crippen molar-refractivity contribution in [2.24, 2.45) is 0 Å². The van der Waals surface area contributed by atoms with Gasteiger partial charge in [0.05, 0.1) is 13.2 Å². The van der Waals surface area contributed by atoms with Gasteiger partial charge >= 0.3 is 0 Å². The number of fused-ring (bicyclic) bond motifs is 1. The maximum absolute atomic E-state index is 12.2. The van der Waals surface area contributed by atoms with Gasteiger partial charge in [0, 0.05) is 31.2 Å². The van der Waals surface area contributed by atoms with Crippen molar-refractivity contribution in [1.82, 2.24) is 19.9 Å². The summed E-state index contributed by atoms with van der Waals surface area (Å²) >= 11 is 1.70. The first-order valence-corrected chi connectivity index (χ1v) is 11.1. The second-order valence-corrected chi connectivity index (χ2v) is 7.99. The number of pyridine rings is 1. The van der Waals surface area contributed by atoms with Crippen molar-refractivity contribution in [3.63, 3.8) is 0 Å². The number of carbonyl (C=O) groups is 1. The average Bonchev–Trinajstić information content (AvgIpc) is 3.16. The minimum atomic E-state index is -0.0996. The lowest BCUT2D eigenvalue weighted by Gasteiger charge is -2.10. The highest BCUT2D eigenvalue weighted by molar-refractivity contribution is 7.98. The van der Waals surface area contributed by atoms with E-state index in [0.29, 0.717) is 25.3 Å². The average molecular weight is 433 g/mol. The number of aromatic nitrogens is 3. The molecule has 0 unspecified atom stereocenters. The van der Waals surface area contributed by atoms with Crippen molar-refractivity contribution in [2.75, 3.05) is 20.3 Å². The van der Waals surface area contributed by atoms with Gasteiger partial charge in [-0.15, -0.1) is 0 Å². The quantitative estimate of drug-likeness (QED) is 0.318. The normalized spacial score (nSPS) is 11.0. The van der Waals surface area contributed by atoms with Gasteiger partial charge in [-0.3, -0.25) is 9.36 Å². The second-order valence-electron chi connectivity index (χ2n) is 7.05. The Morgan fingerprint density at radius 3 is 2.61 bits per heavy atom. The third-order valence-electron chi connectivity index (χ3n) is 4.83. The molecule has 6 nitrogen and oxygen atoms in total. The van der Waals surface area contributed by atoms with Crippen LogP contribution in [0.1, 0.15) is 21.5 Å². The lowest BCUT2D eigenvalue weighted by Crippen LogP contribution is -2.26. The highest BCUT2D eigenvalue weighted by atomic mass is 32.2. The molecule has 4 aromatic rings. The number of benzene rings is 2. The summed E-state index contributed by atoms with van der Waals surface area (Å²) < 4.78 is 7.10. The Balaban J connectivity index is 1.52. The number of ether oxygens (including phenoxy) is 1. The zero-order valence-electron chi connectivity index (χ0n) is 17.3. The summed E-state index contributed by atoms with van der Waals surface area (Å²) in [6, 6.07) is 21.9. The molecule has 4 rings (SSSR count). The number of nitrogens with zero attached hydrogens (tertiary/aromatic N) is 3. The number of nitrogens with one attached hydrogen (secondary N) is 1. The summed E-state index contributed by atoms with van der Waals surface area (Å²) in [5, 5.41) is 3.77. The molecule has 0 aliphatic heterocycles. The van der Waals surface area contributed by atoms with E-state index in [4.69, 9.17) is 9.72 Å². The molecule has 2 aromatic heterocycles. The minimum Gasteiger partial charge on any atom is -0.383 e. The molecule has 2 aromatic carbocycles. The maximum atomic E-state index is 12.2. The fourth-order valence-electron chi connectivity index (χ4n) is 3.23. The van der Waals surface area contributed by atoms with Gasteiger partial charge in [-0.2, -0.15) is 0 Å². The van der Waals surface area contributed by atoms with E-state index in [0.717, 1.165) is 27.6 Å². The molecule has 158 valence electrons.